The minimum Gasteiger partial charge on any atom is -0.329 e. The zero-order valence-corrected chi connectivity index (χ0v) is 10.4. The highest BCUT2D eigenvalue weighted by molar-refractivity contribution is 7.98. The number of hydrogen-bond acceptors (Lipinski definition) is 3. The number of aryl methyl sites for hydroxylation is 1. The minimum absolute atomic E-state index is 0.199. The largest absolute Gasteiger partial charge is 0.329 e. The molecular weight excluding hydrogens is 237 g/mol. The van der Waals surface area contributed by atoms with Crippen LogP contribution >= 0.6 is 11.8 Å². The zero-order valence-electron chi connectivity index (χ0n) is 9.56. The van der Waals surface area contributed by atoms with Crippen molar-refractivity contribution >= 4 is 11.8 Å². The first-order valence-electron chi connectivity index (χ1n) is 5.28. The quantitative estimate of drug-likeness (QED) is 0.848. The molecule has 0 radical (unpaired) electrons. The van der Waals surface area contributed by atoms with Gasteiger partial charge in [-0.15, -0.1) is 0 Å². The third kappa shape index (κ3) is 2.87. The summed E-state index contributed by atoms with van der Waals surface area (Å²) in [5.74, 6) is 0.372. The molecule has 17 heavy (non-hydrogen) atoms. The molecule has 0 unspecified atom stereocenters. The van der Waals surface area contributed by atoms with E-state index in [1.54, 1.807) is 12.3 Å². The zero-order chi connectivity index (χ0) is 12.3. The Kier molecular flexibility index (Phi) is 3.81. The lowest BCUT2D eigenvalue weighted by molar-refractivity contribution is 0.615. The normalized spacial score (nSPS) is 10.8. The van der Waals surface area contributed by atoms with E-state index < -0.39 is 0 Å². The van der Waals surface area contributed by atoms with Crippen molar-refractivity contribution in [2.75, 3.05) is 0 Å². The Labute approximate surface area is 104 Å². The summed E-state index contributed by atoms with van der Waals surface area (Å²) in [5.41, 5.74) is 6.94. The van der Waals surface area contributed by atoms with Crippen LogP contribution < -0.4 is 5.73 Å². The smallest absolute Gasteiger partial charge is 0.167 e. The second kappa shape index (κ2) is 5.33. The Hall–Kier alpha value is -1.33. The van der Waals surface area contributed by atoms with Gasteiger partial charge in [0, 0.05) is 31.7 Å². The van der Waals surface area contributed by atoms with Crippen molar-refractivity contribution < 1.29 is 4.39 Å². The van der Waals surface area contributed by atoms with E-state index in [1.807, 2.05) is 23.9 Å². The Morgan fingerprint density at radius 3 is 2.88 bits per heavy atom. The molecule has 5 heteroatoms. The van der Waals surface area contributed by atoms with Crippen molar-refractivity contribution in [1.29, 1.82) is 0 Å². The molecule has 0 saturated heterocycles. The molecule has 0 fully saturated rings. The summed E-state index contributed by atoms with van der Waals surface area (Å²) in [6.45, 7) is 0.365. The SMILES string of the molecule is Cn1ccnc1SCc1ccc(CN)cc1F. The number of imidazole rings is 1. The number of rotatable bonds is 4. The van der Waals surface area contributed by atoms with Gasteiger partial charge >= 0.3 is 0 Å². The van der Waals surface area contributed by atoms with E-state index in [9.17, 15) is 4.39 Å². The Bertz CT molecular complexity index is 510. The highest BCUT2D eigenvalue weighted by atomic mass is 32.2. The second-order valence-corrected chi connectivity index (χ2v) is 4.68. The van der Waals surface area contributed by atoms with Crippen LogP contribution in [0.15, 0.2) is 35.7 Å². The summed E-state index contributed by atoms with van der Waals surface area (Å²) < 4.78 is 15.6. The van der Waals surface area contributed by atoms with Crippen LogP contribution in [0.5, 0.6) is 0 Å². The predicted molar refractivity (Wildman–Crippen MR) is 67.1 cm³/mol. The Morgan fingerprint density at radius 1 is 1.47 bits per heavy atom. The lowest BCUT2D eigenvalue weighted by atomic mass is 10.1. The van der Waals surface area contributed by atoms with Crippen molar-refractivity contribution in [1.82, 2.24) is 9.55 Å². The van der Waals surface area contributed by atoms with Crippen LogP contribution in [0.1, 0.15) is 11.1 Å². The van der Waals surface area contributed by atoms with Gasteiger partial charge in [0.1, 0.15) is 5.82 Å². The van der Waals surface area contributed by atoms with Gasteiger partial charge in [0.25, 0.3) is 0 Å². The number of benzene rings is 1. The van der Waals surface area contributed by atoms with Gasteiger partial charge in [0.15, 0.2) is 5.16 Å². The van der Waals surface area contributed by atoms with Crippen LogP contribution in [0.2, 0.25) is 0 Å². The van der Waals surface area contributed by atoms with Crippen LogP contribution in [0.3, 0.4) is 0 Å². The van der Waals surface area contributed by atoms with Crippen LogP contribution in [0, 0.1) is 5.82 Å². The highest BCUT2D eigenvalue weighted by Crippen LogP contribution is 2.22. The van der Waals surface area contributed by atoms with Crippen molar-refractivity contribution in [3.8, 4) is 0 Å². The molecule has 0 saturated carbocycles. The van der Waals surface area contributed by atoms with Crippen molar-refractivity contribution in [3.05, 3.63) is 47.5 Å². The fourth-order valence-electron chi connectivity index (χ4n) is 1.47. The van der Waals surface area contributed by atoms with Gasteiger partial charge in [0.2, 0.25) is 0 Å². The second-order valence-electron chi connectivity index (χ2n) is 3.74. The van der Waals surface area contributed by atoms with Gasteiger partial charge in [0.05, 0.1) is 0 Å². The molecule has 1 heterocycles. The molecule has 0 spiro atoms. The van der Waals surface area contributed by atoms with Gasteiger partial charge in [-0.3, -0.25) is 0 Å². The molecule has 0 aliphatic heterocycles. The number of halogens is 1. The summed E-state index contributed by atoms with van der Waals surface area (Å²) in [4.78, 5) is 4.18. The first-order chi connectivity index (χ1) is 8.20. The van der Waals surface area contributed by atoms with Gasteiger partial charge in [-0.25, -0.2) is 9.37 Å². The summed E-state index contributed by atoms with van der Waals surface area (Å²) in [7, 11) is 1.92. The lowest BCUT2D eigenvalue weighted by Crippen LogP contribution is -1.98. The number of nitrogens with zero attached hydrogens (tertiary/aromatic N) is 2. The number of hydrogen-bond donors (Lipinski definition) is 1. The molecule has 0 aliphatic rings. The minimum atomic E-state index is -0.199. The van der Waals surface area contributed by atoms with Gasteiger partial charge in [-0.05, 0) is 17.2 Å². The highest BCUT2D eigenvalue weighted by Gasteiger charge is 2.06. The molecule has 0 bridgehead atoms. The van der Waals surface area contributed by atoms with E-state index in [4.69, 9.17) is 5.73 Å². The number of thioether (sulfide) groups is 1. The van der Waals surface area contributed by atoms with Gasteiger partial charge < -0.3 is 10.3 Å². The molecule has 1 aromatic carbocycles. The van der Waals surface area contributed by atoms with Crippen molar-refractivity contribution in [3.63, 3.8) is 0 Å². The third-order valence-corrected chi connectivity index (χ3v) is 3.59. The molecule has 2 N–H and O–H groups in total. The average Bonchev–Trinajstić information content (AvgIpc) is 2.73. The molecule has 2 aromatic rings. The fraction of sp³-hybridized carbons (Fsp3) is 0.250. The standard InChI is InChI=1S/C12H14FN3S/c1-16-5-4-15-12(16)17-8-10-3-2-9(7-14)6-11(10)13/h2-6H,7-8,14H2,1H3. The van der Waals surface area contributed by atoms with Crippen LogP contribution in [-0.2, 0) is 19.3 Å². The first kappa shape index (κ1) is 12.1. The van der Waals surface area contributed by atoms with Gasteiger partial charge in [-0.1, -0.05) is 23.9 Å². The van der Waals surface area contributed by atoms with E-state index in [-0.39, 0.29) is 5.82 Å². The van der Waals surface area contributed by atoms with Crippen molar-refractivity contribution in [2.24, 2.45) is 12.8 Å². The average molecular weight is 251 g/mol. The maximum absolute atomic E-state index is 13.7. The summed E-state index contributed by atoms with van der Waals surface area (Å²) in [5, 5.41) is 0.882. The molecular formula is C12H14FN3S. The fourth-order valence-corrected chi connectivity index (χ4v) is 2.39. The van der Waals surface area contributed by atoms with Crippen molar-refractivity contribution in [2.45, 2.75) is 17.5 Å². The number of aromatic nitrogens is 2. The summed E-state index contributed by atoms with van der Waals surface area (Å²) >= 11 is 1.52. The van der Waals surface area contributed by atoms with Crippen LogP contribution in [0.4, 0.5) is 4.39 Å². The molecule has 0 aliphatic carbocycles. The third-order valence-electron chi connectivity index (χ3n) is 2.49. The Morgan fingerprint density at radius 2 is 2.29 bits per heavy atom. The predicted octanol–water partition coefficient (Wildman–Crippen LogP) is 2.31. The van der Waals surface area contributed by atoms with E-state index in [0.717, 1.165) is 10.7 Å². The maximum Gasteiger partial charge on any atom is 0.167 e. The molecule has 2 rings (SSSR count). The molecule has 1 aromatic heterocycles. The van der Waals surface area contributed by atoms with E-state index in [0.29, 0.717) is 17.9 Å². The number of nitrogens with two attached hydrogens (primary N) is 1. The lowest BCUT2D eigenvalue weighted by Gasteiger charge is -2.05. The summed E-state index contributed by atoms with van der Waals surface area (Å²) in [6.07, 6.45) is 3.60. The summed E-state index contributed by atoms with van der Waals surface area (Å²) in [6, 6.07) is 5.14. The van der Waals surface area contributed by atoms with Crippen LogP contribution in [0.25, 0.3) is 0 Å². The maximum atomic E-state index is 13.7. The molecule has 0 atom stereocenters. The topological polar surface area (TPSA) is 43.8 Å². The first-order valence-corrected chi connectivity index (χ1v) is 6.26. The van der Waals surface area contributed by atoms with E-state index in [1.165, 1.54) is 17.8 Å². The Balaban J connectivity index is 2.07. The van der Waals surface area contributed by atoms with E-state index >= 15 is 0 Å². The molecule has 3 nitrogen and oxygen atoms in total. The van der Waals surface area contributed by atoms with Gasteiger partial charge in [-0.2, -0.15) is 0 Å². The monoisotopic (exact) mass is 251 g/mol. The van der Waals surface area contributed by atoms with E-state index in [2.05, 4.69) is 4.98 Å². The van der Waals surface area contributed by atoms with Crippen LogP contribution in [-0.4, -0.2) is 9.55 Å². The molecule has 0 amide bonds. The molecule has 90 valence electrons.